The zero-order valence-electron chi connectivity index (χ0n) is 21.3. The van der Waals surface area contributed by atoms with Crippen LogP contribution in [0.4, 0.5) is 0 Å². The molecule has 0 saturated heterocycles. The summed E-state index contributed by atoms with van der Waals surface area (Å²) in [7, 11) is 0. The van der Waals surface area contributed by atoms with Crippen molar-refractivity contribution in [3.05, 3.63) is 179 Å². The van der Waals surface area contributed by atoms with Gasteiger partial charge in [0.15, 0.2) is 0 Å². The highest BCUT2D eigenvalue weighted by Crippen LogP contribution is 2.59. The van der Waals surface area contributed by atoms with Crippen LogP contribution in [0.2, 0.25) is 0 Å². The van der Waals surface area contributed by atoms with Crippen LogP contribution in [-0.2, 0) is 15.9 Å². The maximum absolute atomic E-state index is 7.21. The number of benzene rings is 5. The molecule has 0 aromatic heterocycles. The van der Waals surface area contributed by atoms with Crippen LogP contribution < -0.4 is 0 Å². The Balaban J connectivity index is 1.69. The Labute approximate surface area is 219 Å². The Morgan fingerprint density at radius 3 is 1.43 bits per heavy atom. The number of hydrogen-bond acceptors (Lipinski definition) is 2. The molecular weight excluding hydrogens is 450 g/mol. The monoisotopic (exact) mass is 481 g/mol. The highest BCUT2D eigenvalue weighted by atomic mass is 16.7. The fourth-order valence-corrected chi connectivity index (χ4v) is 6.01. The van der Waals surface area contributed by atoms with Crippen LogP contribution in [0, 0.1) is 0 Å². The first-order valence-corrected chi connectivity index (χ1v) is 13.0. The number of hydroxylamine groups is 2. The summed E-state index contributed by atoms with van der Waals surface area (Å²) in [5.41, 5.74) is 5.95. The first-order chi connectivity index (χ1) is 18.2. The van der Waals surface area contributed by atoms with Gasteiger partial charge < -0.3 is 0 Å². The maximum atomic E-state index is 7.21. The number of rotatable bonds is 6. The van der Waals surface area contributed by atoms with Gasteiger partial charge in [-0.3, -0.25) is 4.84 Å². The van der Waals surface area contributed by atoms with E-state index in [2.05, 4.69) is 158 Å². The molecule has 5 aromatic carbocycles. The van der Waals surface area contributed by atoms with E-state index in [9.17, 15) is 0 Å². The molecule has 1 heterocycles. The third kappa shape index (κ3) is 3.64. The molecule has 0 amide bonds. The molecular formula is C35H31NO. The first-order valence-electron chi connectivity index (χ1n) is 13.0. The van der Waals surface area contributed by atoms with E-state index in [0.29, 0.717) is 0 Å². The zero-order chi connectivity index (χ0) is 25.3. The van der Waals surface area contributed by atoms with Gasteiger partial charge in [-0.1, -0.05) is 146 Å². The molecule has 2 unspecified atom stereocenters. The summed E-state index contributed by atoms with van der Waals surface area (Å²) in [6, 6.07) is 51.6. The van der Waals surface area contributed by atoms with Crippen molar-refractivity contribution in [3.8, 4) is 0 Å². The molecule has 0 bridgehead atoms. The largest absolute Gasteiger partial charge is 0.288 e. The van der Waals surface area contributed by atoms with Crippen LogP contribution in [0.5, 0.6) is 0 Å². The molecule has 0 radical (unpaired) electrons. The minimum atomic E-state index is -0.660. The molecule has 2 heteroatoms. The summed E-state index contributed by atoms with van der Waals surface area (Å²) >= 11 is 0. The molecule has 0 fully saturated rings. The summed E-state index contributed by atoms with van der Waals surface area (Å²) in [6.45, 7) is 4.44. The first kappa shape index (κ1) is 23.4. The Hall–Kier alpha value is -3.98. The highest BCUT2D eigenvalue weighted by molar-refractivity contribution is 5.60. The van der Waals surface area contributed by atoms with Crippen LogP contribution in [0.15, 0.2) is 146 Å². The van der Waals surface area contributed by atoms with E-state index in [1.165, 1.54) is 27.8 Å². The van der Waals surface area contributed by atoms with E-state index >= 15 is 0 Å². The van der Waals surface area contributed by atoms with E-state index in [0.717, 1.165) is 5.56 Å². The number of fused-ring (bicyclic) bond motifs is 1. The van der Waals surface area contributed by atoms with Gasteiger partial charge in [-0.2, -0.15) is 5.06 Å². The fourth-order valence-electron chi connectivity index (χ4n) is 6.01. The fraction of sp³-hybridized carbons (Fsp3) is 0.143. The average molecular weight is 482 g/mol. The molecule has 1 aliphatic heterocycles. The van der Waals surface area contributed by atoms with E-state index in [-0.39, 0.29) is 6.10 Å². The van der Waals surface area contributed by atoms with Crippen molar-refractivity contribution in [1.29, 1.82) is 0 Å². The standard InChI is InChI=1S/C35H31NO/c1-27(28-17-7-3-8-18-28)37-36-34(2,29-19-9-4-10-20-29)32-25-15-16-26-33(32)35(36,30-21-11-5-12-22-30)31-23-13-6-14-24-31/h3-27H,1-2H3. The second-order valence-corrected chi connectivity index (χ2v) is 9.88. The second-order valence-electron chi connectivity index (χ2n) is 9.88. The van der Waals surface area contributed by atoms with Crippen molar-refractivity contribution in [2.45, 2.75) is 31.0 Å². The smallest absolute Gasteiger partial charge is 0.123 e. The van der Waals surface area contributed by atoms with E-state index in [1.807, 2.05) is 6.07 Å². The van der Waals surface area contributed by atoms with Crippen LogP contribution in [-0.4, -0.2) is 5.06 Å². The van der Waals surface area contributed by atoms with Gasteiger partial charge >= 0.3 is 0 Å². The predicted molar refractivity (Wildman–Crippen MR) is 150 cm³/mol. The van der Waals surface area contributed by atoms with Gasteiger partial charge in [0, 0.05) is 0 Å². The van der Waals surface area contributed by atoms with Crippen LogP contribution >= 0.6 is 0 Å². The van der Waals surface area contributed by atoms with Crippen molar-refractivity contribution in [3.63, 3.8) is 0 Å². The minimum Gasteiger partial charge on any atom is -0.288 e. The van der Waals surface area contributed by atoms with Gasteiger partial charge in [-0.15, -0.1) is 0 Å². The minimum absolute atomic E-state index is 0.162. The van der Waals surface area contributed by atoms with E-state index < -0.39 is 11.1 Å². The summed E-state index contributed by atoms with van der Waals surface area (Å²) < 4.78 is 0. The highest BCUT2D eigenvalue weighted by Gasteiger charge is 2.60. The van der Waals surface area contributed by atoms with Gasteiger partial charge in [0.2, 0.25) is 0 Å². The summed E-state index contributed by atoms with van der Waals surface area (Å²) in [5.74, 6) is 0. The molecule has 0 aliphatic carbocycles. The Morgan fingerprint density at radius 2 is 0.919 bits per heavy atom. The molecule has 37 heavy (non-hydrogen) atoms. The van der Waals surface area contributed by atoms with E-state index in [1.54, 1.807) is 0 Å². The van der Waals surface area contributed by atoms with Crippen molar-refractivity contribution >= 4 is 0 Å². The lowest BCUT2D eigenvalue weighted by atomic mass is 9.77. The molecule has 1 aliphatic rings. The summed E-state index contributed by atoms with van der Waals surface area (Å²) in [6.07, 6.45) is -0.162. The quantitative estimate of drug-likeness (QED) is 0.242. The van der Waals surface area contributed by atoms with Gasteiger partial charge in [0.25, 0.3) is 0 Å². The van der Waals surface area contributed by atoms with Crippen molar-refractivity contribution in [1.82, 2.24) is 5.06 Å². The molecule has 5 aromatic rings. The second kappa shape index (κ2) is 9.48. The normalized spacial score (nSPS) is 19.3. The Bertz CT molecular complexity index is 1430. The maximum Gasteiger partial charge on any atom is 0.123 e. The molecule has 6 rings (SSSR count). The number of hydrogen-bond donors (Lipinski definition) is 0. The third-order valence-electron chi connectivity index (χ3n) is 7.80. The van der Waals surface area contributed by atoms with Gasteiger partial charge in [-0.05, 0) is 47.2 Å². The van der Waals surface area contributed by atoms with Crippen LogP contribution in [0.1, 0.15) is 53.3 Å². The zero-order valence-corrected chi connectivity index (χ0v) is 21.3. The number of nitrogens with zero attached hydrogens (tertiary/aromatic N) is 1. The topological polar surface area (TPSA) is 12.5 Å². The van der Waals surface area contributed by atoms with Gasteiger partial charge in [-0.25, -0.2) is 0 Å². The molecule has 0 N–H and O–H groups in total. The third-order valence-corrected chi connectivity index (χ3v) is 7.80. The SMILES string of the molecule is CC(ON1C(C)(c2ccccc2)c2ccccc2C1(c1ccccc1)c1ccccc1)c1ccccc1. The van der Waals surface area contributed by atoms with Crippen LogP contribution in [0.25, 0.3) is 0 Å². The molecule has 2 atom stereocenters. The predicted octanol–water partition coefficient (Wildman–Crippen LogP) is 8.25. The Kier molecular flexibility index (Phi) is 6.00. The van der Waals surface area contributed by atoms with Crippen molar-refractivity contribution < 1.29 is 4.84 Å². The summed E-state index contributed by atoms with van der Waals surface area (Å²) in [5, 5.41) is 2.28. The summed E-state index contributed by atoms with van der Waals surface area (Å²) in [4.78, 5) is 7.21. The van der Waals surface area contributed by atoms with Crippen molar-refractivity contribution in [2.24, 2.45) is 0 Å². The lowest BCUT2D eigenvalue weighted by Gasteiger charge is -2.47. The Morgan fingerprint density at radius 1 is 0.514 bits per heavy atom. The average Bonchev–Trinajstić information content (AvgIpc) is 3.21. The lowest BCUT2D eigenvalue weighted by molar-refractivity contribution is -0.270. The molecule has 0 spiro atoms. The van der Waals surface area contributed by atoms with Gasteiger partial charge in [0.05, 0.1) is 5.54 Å². The van der Waals surface area contributed by atoms with Crippen molar-refractivity contribution in [2.75, 3.05) is 0 Å². The molecule has 2 nitrogen and oxygen atoms in total. The lowest BCUT2D eigenvalue weighted by Crippen LogP contribution is -2.52. The van der Waals surface area contributed by atoms with E-state index in [4.69, 9.17) is 4.84 Å². The molecule has 182 valence electrons. The molecule has 0 saturated carbocycles. The van der Waals surface area contributed by atoms with Gasteiger partial charge in [0.1, 0.15) is 11.6 Å². The van der Waals surface area contributed by atoms with Crippen LogP contribution in [0.3, 0.4) is 0 Å².